The zero-order chi connectivity index (χ0) is 11.7. The Labute approximate surface area is 117 Å². The number of hydrogen-bond donors (Lipinski definition) is 0. The Kier molecular flexibility index (Phi) is 2.58. The molecule has 0 aliphatic heterocycles. The molecular formula is C12H16Cl4. The van der Waals surface area contributed by atoms with E-state index in [0.717, 1.165) is 25.7 Å². The summed E-state index contributed by atoms with van der Waals surface area (Å²) < 4.78 is -1.17. The first-order valence-electron chi connectivity index (χ1n) is 6.13. The lowest BCUT2D eigenvalue weighted by molar-refractivity contribution is 0.301. The average molecular weight is 302 g/mol. The lowest BCUT2D eigenvalue weighted by Gasteiger charge is -2.23. The molecule has 3 rings (SSSR count). The lowest BCUT2D eigenvalue weighted by atomic mass is 9.84. The van der Waals surface area contributed by atoms with Crippen LogP contribution < -0.4 is 0 Å². The summed E-state index contributed by atoms with van der Waals surface area (Å²) in [6.45, 7) is 0. The average Bonchev–Trinajstić information content (AvgIpc) is 2.42. The van der Waals surface area contributed by atoms with Gasteiger partial charge in [-0.15, -0.1) is 46.4 Å². The van der Waals surface area contributed by atoms with Crippen molar-refractivity contribution in [3.05, 3.63) is 0 Å². The van der Waals surface area contributed by atoms with Gasteiger partial charge >= 0.3 is 0 Å². The molecule has 0 heterocycles. The van der Waals surface area contributed by atoms with Crippen LogP contribution >= 0.6 is 46.4 Å². The number of halogens is 4. The van der Waals surface area contributed by atoms with E-state index in [0.29, 0.717) is 0 Å². The highest BCUT2D eigenvalue weighted by atomic mass is 35.5. The first-order valence-corrected chi connectivity index (χ1v) is 7.64. The Morgan fingerprint density at radius 3 is 1.50 bits per heavy atom. The summed E-state index contributed by atoms with van der Waals surface area (Å²) >= 11 is 25.8. The van der Waals surface area contributed by atoms with Crippen LogP contribution in [0.1, 0.15) is 51.4 Å². The van der Waals surface area contributed by atoms with Gasteiger partial charge in [0.15, 0.2) is 0 Å². The molecule has 3 aliphatic rings. The SMILES string of the molecule is ClC1(Cl)CC23CCCCCCC2(C1)C3(Cl)Cl. The first-order chi connectivity index (χ1) is 7.37. The van der Waals surface area contributed by atoms with E-state index in [9.17, 15) is 0 Å². The van der Waals surface area contributed by atoms with Gasteiger partial charge in [0.25, 0.3) is 0 Å². The predicted molar refractivity (Wildman–Crippen MR) is 70.7 cm³/mol. The van der Waals surface area contributed by atoms with E-state index in [1.54, 1.807) is 0 Å². The number of alkyl halides is 4. The molecule has 3 aliphatic carbocycles. The van der Waals surface area contributed by atoms with Crippen LogP contribution in [0.25, 0.3) is 0 Å². The quantitative estimate of drug-likeness (QED) is 0.521. The molecular weight excluding hydrogens is 286 g/mol. The largest absolute Gasteiger partial charge is 0.130 e. The highest BCUT2D eigenvalue weighted by Crippen LogP contribution is 2.90. The Balaban J connectivity index is 1.98. The molecule has 0 aromatic heterocycles. The molecule has 0 N–H and O–H groups in total. The van der Waals surface area contributed by atoms with Gasteiger partial charge in [-0.25, -0.2) is 0 Å². The lowest BCUT2D eigenvalue weighted by Crippen LogP contribution is -2.22. The number of rotatable bonds is 0. The molecule has 0 radical (unpaired) electrons. The maximum Gasteiger partial charge on any atom is 0.130 e. The molecule has 0 nitrogen and oxygen atoms in total. The van der Waals surface area contributed by atoms with Gasteiger partial charge in [0.2, 0.25) is 0 Å². The summed E-state index contributed by atoms with van der Waals surface area (Å²) in [5.41, 5.74) is 0.0140. The van der Waals surface area contributed by atoms with Crippen molar-refractivity contribution in [1.82, 2.24) is 0 Å². The third kappa shape index (κ3) is 1.26. The second-order valence-electron chi connectivity index (χ2n) is 5.86. The highest BCUT2D eigenvalue weighted by molar-refractivity contribution is 6.54. The molecule has 3 saturated carbocycles. The third-order valence-corrected chi connectivity index (χ3v) is 7.12. The van der Waals surface area contributed by atoms with E-state index in [2.05, 4.69) is 0 Å². The zero-order valence-electron chi connectivity index (χ0n) is 9.17. The van der Waals surface area contributed by atoms with Crippen LogP contribution in [0.5, 0.6) is 0 Å². The van der Waals surface area contributed by atoms with Gasteiger partial charge in [-0.05, 0) is 25.7 Å². The van der Waals surface area contributed by atoms with Crippen LogP contribution in [0, 0.1) is 10.8 Å². The van der Waals surface area contributed by atoms with Crippen molar-refractivity contribution in [3.8, 4) is 0 Å². The summed E-state index contributed by atoms with van der Waals surface area (Å²) in [7, 11) is 0. The molecule has 0 aromatic carbocycles. The van der Waals surface area contributed by atoms with Crippen molar-refractivity contribution in [1.29, 1.82) is 0 Å². The van der Waals surface area contributed by atoms with Gasteiger partial charge < -0.3 is 0 Å². The fraction of sp³-hybridized carbons (Fsp3) is 1.00. The maximum absolute atomic E-state index is 6.58. The minimum absolute atomic E-state index is 0.00698. The van der Waals surface area contributed by atoms with Gasteiger partial charge in [-0.1, -0.05) is 25.7 Å². The molecule has 92 valence electrons. The molecule has 16 heavy (non-hydrogen) atoms. The maximum atomic E-state index is 6.58. The van der Waals surface area contributed by atoms with Crippen LogP contribution in [0.2, 0.25) is 0 Å². The molecule has 0 amide bonds. The van der Waals surface area contributed by atoms with Crippen LogP contribution in [0.15, 0.2) is 0 Å². The van der Waals surface area contributed by atoms with Crippen LogP contribution in [-0.2, 0) is 0 Å². The molecule has 2 unspecified atom stereocenters. The van der Waals surface area contributed by atoms with E-state index in [-0.39, 0.29) is 10.8 Å². The summed E-state index contributed by atoms with van der Waals surface area (Å²) in [6, 6.07) is 0. The van der Waals surface area contributed by atoms with E-state index < -0.39 is 8.67 Å². The van der Waals surface area contributed by atoms with Crippen LogP contribution in [0.3, 0.4) is 0 Å². The van der Waals surface area contributed by atoms with Gasteiger partial charge in [0.1, 0.15) is 8.67 Å². The Bertz CT molecular complexity index is 297. The summed E-state index contributed by atoms with van der Waals surface area (Å²) in [4.78, 5) is 0. The molecule has 3 fully saturated rings. The molecule has 0 saturated heterocycles. The van der Waals surface area contributed by atoms with Gasteiger partial charge in [-0.3, -0.25) is 0 Å². The first kappa shape index (κ1) is 12.2. The topological polar surface area (TPSA) is 0 Å². The molecule has 0 spiro atoms. The molecule has 0 bridgehead atoms. The monoisotopic (exact) mass is 300 g/mol. The van der Waals surface area contributed by atoms with Gasteiger partial charge in [-0.2, -0.15) is 0 Å². The zero-order valence-corrected chi connectivity index (χ0v) is 12.2. The standard InChI is InChI=1S/C12H16Cl4/c13-11(14)7-9-5-3-1-2-4-6-10(9,8-11)12(9,15)16/h1-8H2. The fourth-order valence-electron chi connectivity index (χ4n) is 4.42. The Hall–Kier alpha value is 1.16. The van der Waals surface area contributed by atoms with Crippen molar-refractivity contribution in [2.24, 2.45) is 10.8 Å². The summed E-state index contributed by atoms with van der Waals surface area (Å²) in [5, 5.41) is 0. The highest BCUT2D eigenvalue weighted by Gasteiger charge is 2.89. The van der Waals surface area contributed by atoms with Crippen molar-refractivity contribution in [2.45, 2.75) is 60.0 Å². The van der Waals surface area contributed by atoms with Crippen molar-refractivity contribution < 1.29 is 0 Å². The Morgan fingerprint density at radius 2 is 1.06 bits per heavy atom. The minimum atomic E-state index is -0.600. The van der Waals surface area contributed by atoms with Gasteiger partial charge in [0.05, 0.1) is 0 Å². The van der Waals surface area contributed by atoms with E-state index >= 15 is 0 Å². The predicted octanol–water partition coefficient (Wildman–Crippen LogP) is 5.47. The van der Waals surface area contributed by atoms with Crippen LogP contribution in [0.4, 0.5) is 0 Å². The van der Waals surface area contributed by atoms with Gasteiger partial charge in [0, 0.05) is 10.8 Å². The minimum Gasteiger partial charge on any atom is -0.102 e. The van der Waals surface area contributed by atoms with E-state index in [1.807, 2.05) is 0 Å². The molecule has 4 heteroatoms. The number of hydrogen-bond acceptors (Lipinski definition) is 0. The second kappa shape index (κ2) is 3.38. The third-order valence-electron chi connectivity index (χ3n) is 5.13. The van der Waals surface area contributed by atoms with Crippen molar-refractivity contribution in [2.75, 3.05) is 0 Å². The Morgan fingerprint density at radius 1 is 0.625 bits per heavy atom. The summed E-state index contributed by atoms with van der Waals surface area (Å²) in [5.74, 6) is 0. The molecule has 0 aromatic rings. The normalized spacial score (nSPS) is 48.8. The summed E-state index contributed by atoms with van der Waals surface area (Å²) in [6.07, 6.45) is 8.76. The van der Waals surface area contributed by atoms with E-state index in [4.69, 9.17) is 46.4 Å². The molecule has 2 atom stereocenters. The van der Waals surface area contributed by atoms with E-state index in [1.165, 1.54) is 25.7 Å². The van der Waals surface area contributed by atoms with Crippen LogP contribution in [-0.4, -0.2) is 8.67 Å². The van der Waals surface area contributed by atoms with Crippen molar-refractivity contribution in [3.63, 3.8) is 0 Å². The second-order valence-corrected chi connectivity index (χ2v) is 8.83. The fourth-order valence-corrected chi connectivity index (χ4v) is 6.61. The smallest absolute Gasteiger partial charge is 0.102 e. The van der Waals surface area contributed by atoms with Crippen molar-refractivity contribution >= 4 is 46.4 Å².